The van der Waals surface area contributed by atoms with Gasteiger partial charge >= 0.3 is 6.18 Å². The summed E-state index contributed by atoms with van der Waals surface area (Å²) in [6.07, 6.45) is -3.52. The summed E-state index contributed by atoms with van der Waals surface area (Å²) in [5, 5.41) is 14.0. The number of nitro groups is 1. The van der Waals surface area contributed by atoms with Gasteiger partial charge in [-0.25, -0.2) is 4.39 Å². The molecule has 1 saturated heterocycles. The van der Waals surface area contributed by atoms with Gasteiger partial charge in [0.05, 0.1) is 16.9 Å². The van der Waals surface area contributed by atoms with Crippen molar-refractivity contribution in [2.45, 2.75) is 31.5 Å². The maximum atomic E-state index is 14.0. The number of nitrogens with one attached hydrogen (secondary N) is 1. The minimum absolute atomic E-state index is 0.0188. The van der Waals surface area contributed by atoms with E-state index in [1.54, 1.807) is 4.90 Å². The molecule has 0 unspecified atom stereocenters. The molecule has 1 heterocycles. The Labute approximate surface area is 169 Å². The van der Waals surface area contributed by atoms with E-state index in [9.17, 15) is 32.5 Å². The summed E-state index contributed by atoms with van der Waals surface area (Å²) in [4.78, 5) is 24.5. The lowest BCUT2D eigenvalue weighted by Gasteiger charge is -2.33. The van der Waals surface area contributed by atoms with Crippen LogP contribution in [-0.4, -0.2) is 34.9 Å². The lowest BCUT2D eigenvalue weighted by atomic mass is 10.0. The smallest absolute Gasteiger partial charge is 0.374 e. The fourth-order valence-electron chi connectivity index (χ4n) is 3.38. The number of halogens is 4. The summed E-state index contributed by atoms with van der Waals surface area (Å²) in [5.41, 5.74) is -0.809. The molecule has 0 spiro atoms. The minimum atomic E-state index is -4.43. The molecule has 0 atom stereocenters. The lowest BCUT2D eigenvalue weighted by molar-refractivity contribution is -0.384. The Hall–Kier alpha value is -3.17. The van der Waals surface area contributed by atoms with E-state index in [2.05, 4.69) is 5.32 Å². The van der Waals surface area contributed by atoms with E-state index in [-0.39, 0.29) is 29.7 Å². The van der Waals surface area contributed by atoms with Crippen molar-refractivity contribution in [3.8, 4) is 0 Å². The predicted molar refractivity (Wildman–Crippen MR) is 101 cm³/mol. The van der Waals surface area contributed by atoms with Crippen molar-refractivity contribution in [1.29, 1.82) is 0 Å². The zero-order valence-corrected chi connectivity index (χ0v) is 15.8. The molecule has 0 aromatic heterocycles. The van der Waals surface area contributed by atoms with E-state index in [1.807, 2.05) is 0 Å². The van der Waals surface area contributed by atoms with Crippen LogP contribution < -0.4 is 5.32 Å². The van der Waals surface area contributed by atoms with Gasteiger partial charge in [-0.1, -0.05) is 18.2 Å². The molecule has 1 N–H and O–H groups in total. The van der Waals surface area contributed by atoms with E-state index < -0.39 is 22.5 Å². The van der Waals surface area contributed by atoms with Gasteiger partial charge < -0.3 is 10.2 Å². The van der Waals surface area contributed by atoms with Gasteiger partial charge in [0.1, 0.15) is 5.69 Å². The highest BCUT2D eigenvalue weighted by atomic mass is 19.4. The third kappa shape index (κ3) is 5.05. The number of benzene rings is 2. The number of para-hydroxylation sites is 1. The number of anilines is 1. The highest BCUT2D eigenvalue weighted by Crippen LogP contribution is 2.30. The molecule has 0 aliphatic carbocycles. The van der Waals surface area contributed by atoms with Gasteiger partial charge in [-0.3, -0.25) is 14.9 Å². The van der Waals surface area contributed by atoms with Crippen LogP contribution in [0.2, 0.25) is 0 Å². The molecular formula is C20H19F4N3O3. The first-order chi connectivity index (χ1) is 14.1. The van der Waals surface area contributed by atoms with Gasteiger partial charge in [0, 0.05) is 25.2 Å². The van der Waals surface area contributed by atoms with E-state index in [0.29, 0.717) is 31.5 Å². The van der Waals surface area contributed by atoms with Crippen LogP contribution in [0.1, 0.15) is 24.0 Å². The molecule has 160 valence electrons. The van der Waals surface area contributed by atoms with Gasteiger partial charge in [-0.15, -0.1) is 0 Å². The van der Waals surface area contributed by atoms with Gasteiger partial charge in [-0.2, -0.15) is 13.2 Å². The number of nitro benzene ring substituents is 1. The zero-order valence-electron chi connectivity index (χ0n) is 15.8. The summed E-state index contributed by atoms with van der Waals surface area (Å²) in [6, 6.07) is 7.84. The minimum Gasteiger partial charge on any atom is -0.374 e. The highest BCUT2D eigenvalue weighted by Gasteiger charge is 2.30. The van der Waals surface area contributed by atoms with Crippen molar-refractivity contribution in [2.75, 3.05) is 18.4 Å². The van der Waals surface area contributed by atoms with Crippen LogP contribution in [0.4, 0.5) is 28.9 Å². The number of likely N-dealkylation sites (tertiary alicyclic amines) is 1. The maximum absolute atomic E-state index is 14.0. The third-order valence-corrected chi connectivity index (χ3v) is 5.02. The SMILES string of the molecule is O=C(Cc1ccc(C(F)(F)F)cc1)N1CCC(Nc2c(F)cccc2[N+](=O)[O-])CC1. The molecule has 0 radical (unpaired) electrons. The Morgan fingerprint density at radius 3 is 2.33 bits per heavy atom. The molecule has 3 rings (SSSR count). The molecule has 2 aromatic rings. The number of rotatable bonds is 5. The quantitative estimate of drug-likeness (QED) is 0.438. The van der Waals surface area contributed by atoms with Crippen LogP contribution in [0.3, 0.4) is 0 Å². The molecule has 2 aromatic carbocycles. The largest absolute Gasteiger partial charge is 0.416 e. The Kier molecular flexibility index (Phi) is 6.23. The lowest BCUT2D eigenvalue weighted by Crippen LogP contribution is -2.43. The van der Waals surface area contributed by atoms with Crippen molar-refractivity contribution in [2.24, 2.45) is 0 Å². The standard InChI is InChI=1S/C20H19F4N3O3/c21-16-2-1-3-17(27(29)30)19(16)25-15-8-10-26(11-9-15)18(28)12-13-4-6-14(7-5-13)20(22,23)24/h1-7,15,25H,8-12H2. The fraction of sp³-hybridized carbons (Fsp3) is 0.350. The first kappa shape index (κ1) is 21.5. The Bertz CT molecular complexity index is 924. The average Bonchev–Trinajstić information content (AvgIpc) is 2.69. The average molecular weight is 425 g/mol. The molecule has 1 aliphatic heterocycles. The monoisotopic (exact) mass is 425 g/mol. The first-order valence-electron chi connectivity index (χ1n) is 9.28. The van der Waals surface area contributed by atoms with E-state index >= 15 is 0 Å². The number of hydrogen-bond donors (Lipinski definition) is 1. The number of alkyl halides is 3. The number of nitrogens with zero attached hydrogens (tertiary/aromatic N) is 2. The second kappa shape index (κ2) is 8.68. The second-order valence-corrected chi connectivity index (χ2v) is 7.06. The van der Waals surface area contributed by atoms with E-state index in [1.165, 1.54) is 24.3 Å². The van der Waals surface area contributed by atoms with Crippen LogP contribution in [0.25, 0.3) is 0 Å². The predicted octanol–water partition coefficient (Wildman–Crippen LogP) is 4.40. The van der Waals surface area contributed by atoms with Crippen LogP contribution in [0, 0.1) is 15.9 Å². The zero-order chi connectivity index (χ0) is 21.9. The maximum Gasteiger partial charge on any atom is 0.416 e. The number of piperidine rings is 1. The molecule has 30 heavy (non-hydrogen) atoms. The van der Waals surface area contributed by atoms with Crippen molar-refractivity contribution >= 4 is 17.3 Å². The van der Waals surface area contributed by atoms with Crippen LogP contribution in [0.15, 0.2) is 42.5 Å². The topological polar surface area (TPSA) is 75.5 Å². The summed E-state index contributed by atoms with van der Waals surface area (Å²) >= 11 is 0. The number of carbonyl (C=O) groups is 1. The molecular weight excluding hydrogens is 406 g/mol. The van der Waals surface area contributed by atoms with Gasteiger partial charge in [0.15, 0.2) is 5.82 Å². The van der Waals surface area contributed by atoms with Crippen molar-refractivity contribution in [3.05, 3.63) is 69.5 Å². The third-order valence-electron chi connectivity index (χ3n) is 5.02. The van der Waals surface area contributed by atoms with E-state index in [4.69, 9.17) is 0 Å². The van der Waals surface area contributed by atoms with E-state index in [0.717, 1.165) is 18.2 Å². The Morgan fingerprint density at radius 2 is 1.77 bits per heavy atom. The summed E-state index contributed by atoms with van der Waals surface area (Å²) in [7, 11) is 0. The molecule has 1 aliphatic rings. The van der Waals surface area contributed by atoms with Crippen LogP contribution in [0.5, 0.6) is 0 Å². The van der Waals surface area contributed by atoms with Crippen LogP contribution in [-0.2, 0) is 17.4 Å². The highest BCUT2D eigenvalue weighted by molar-refractivity contribution is 5.79. The molecule has 0 saturated carbocycles. The summed E-state index contributed by atoms with van der Waals surface area (Å²) in [5.74, 6) is -0.935. The van der Waals surface area contributed by atoms with Crippen molar-refractivity contribution < 1.29 is 27.3 Å². The number of amides is 1. The van der Waals surface area contributed by atoms with Crippen LogP contribution >= 0.6 is 0 Å². The molecule has 1 fully saturated rings. The van der Waals surface area contributed by atoms with Gasteiger partial charge in [0.25, 0.3) is 5.69 Å². The number of carbonyl (C=O) groups excluding carboxylic acids is 1. The molecule has 6 nitrogen and oxygen atoms in total. The Balaban J connectivity index is 1.56. The van der Waals surface area contributed by atoms with Gasteiger partial charge in [0.2, 0.25) is 5.91 Å². The van der Waals surface area contributed by atoms with Gasteiger partial charge in [-0.05, 0) is 36.6 Å². The number of hydrogen-bond acceptors (Lipinski definition) is 4. The fourth-order valence-corrected chi connectivity index (χ4v) is 3.38. The normalized spacial score (nSPS) is 15.1. The first-order valence-corrected chi connectivity index (χ1v) is 9.28. The van der Waals surface area contributed by atoms with Crippen molar-refractivity contribution in [1.82, 2.24) is 4.90 Å². The molecule has 0 bridgehead atoms. The Morgan fingerprint density at radius 1 is 1.13 bits per heavy atom. The summed E-state index contributed by atoms with van der Waals surface area (Å²) in [6.45, 7) is 0.721. The van der Waals surface area contributed by atoms with Crippen molar-refractivity contribution in [3.63, 3.8) is 0 Å². The second-order valence-electron chi connectivity index (χ2n) is 7.06. The molecule has 1 amide bonds. The summed E-state index contributed by atoms with van der Waals surface area (Å²) < 4.78 is 51.9. The molecule has 10 heteroatoms.